The number of nitrogens with zero attached hydrogens (tertiary/aromatic N) is 2. The van der Waals surface area contributed by atoms with Crippen molar-refractivity contribution in [1.82, 2.24) is 10.3 Å². The molecule has 46 heavy (non-hydrogen) atoms. The Bertz CT molecular complexity index is 1600. The van der Waals surface area contributed by atoms with Crippen LogP contribution in [0.2, 0.25) is 0 Å². The van der Waals surface area contributed by atoms with E-state index in [0.29, 0.717) is 47.4 Å². The normalized spacial score (nSPS) is 18.4. The van der Waals surface area contributed by atoms with Gasteiger partial charge in [-0.15, -0.1) is 24.8 Å². The maximum Gasteiger partial charge on any atom is 0.416 e. The molecule has 1 saturated heterocycles. The second-order valence-corrected chi connectivity index (χ2v) is 11.8. The molecule has 1 aromatic heterocycles. The van der Waals surface area contributed by atoms with Gasteiger partial charge in [0.1, 0.15) is 5.82 Å². The highest BCUT2D eigenvalue weighted by Crippen LogP contribution is 2.42. The fourth-order valence-electron chi connectivity index (χ4n) is 5.41. The number of likely N-dealkylation sites (N-methyl/N-ethyl adjacent to an activating group) is 1. The van der Waals surface area contributed by atoms with E-state index in [4.69, 9.17) is 5.73 Å². The van der Waals surface area contributed by atoms with Crippen molar-refractivity contribution in [3.05, 3.63) is 82.4 Å². The number of carbonyl (C=O) groups is 2. The van der Waals surface area contributed by atoms with Crippen LogP contribution < -0.4 is 16.0 Å². The molecular weight excluding hydrogens is 664 g/mol. The largest absolute Gasteiger partial charge is 0.416 e. The minimum atomic E-state index is -5.09. The van der Waals surface area contributed by atoms with Gasteiger partial charge < -0.3 is 10.6 Å². The summed E-state index contributed by atoms with van der Waals surface area (Å²) in [6.45, 7) is 5.78. The molecule has 2 heterocycles. The number of anilines is 1. The van der Waals surface area contributed by atoms with E-state index in [9.17, 15) is 40.3 Å². The Morgan fingerprint density at radius 3 is 1.96 bits per heavy atom. The molecule has 0 saturated carbocycles. The van der Waals surface area contributed by atoms with Crippen LogP contribution in [0.1, 0.15) is 67.6 Å². The number of benzene rings is 2. The maximum atomic E-state index is 14.0. The molecule has 0 radical (unpaired) electrons. The topological polar surface area (TPSA) is 88.3 Å². The van der Waals surface area contributed by atoms with Gasteiger partial charge in [-0.1, -0.05) is 6.07 Å². The van der Waals surface area contributed by atoms with E-state index in [1.165, 1.54) is 45.3 Å². The van der Waals surface area contributed by atoms with Crippen LogP contribution in [-0.2, 0) is 27.4 Å². The minimum Gasteiger partial charge on any atom is -0.368 e. The fourth-order valence-corrected chi connectivity index (χ4v) is 5.41. The number of rotatable bonds is 6. The molecule has 2 aromatic carbocycles. The van der Waals surface area contributed by atoms with Gasteiger partial charge >= 0.3 is 12.4 Å². The van der Waals surface area contributed by atoms with Crippen LogP contribution in [0.4, 0.5) is 36.4 Å². The van der Waals surface area contributed by atoms with E-state index in [0.717, 1.165) is 4.90 Å². The zero-order valence-corrected chi connectivity index (χ0v) is 27.0. The van der Waals surface area contributed by atoms with E-state index in [-0.39, 0.29) is 36.6 Å². The lowest BCUT2D eigenvalue weighted by Crippen LogP contribution is -2.49. The minimum absolute atomic E-state index is 0. The van der Waals surface area contributed by atoms with Gasteiger partial charge in [0, 0.05) is 12.6 Å². The molecule has 0 spiro atoms. The Balaban J connectivity index is 0.00000368. The van der Waals surface area contributed by atoms with Gasteiger partial charge in [0.05, 0.1) is 45.7 Å². The van der Waals surface area contributed by atoms with E-state index >= 15 is 0 Å². The number of halogens is 9. The van der Waals surface area contributed by atoms with Crippen LogP contribution in [0.3, 0.4) is 0 Å². The number of aryl methyl sites for hydroxylation is 1. The highest BCUT2D eigenvalue weighted by molar-refractivity contribution is 6.03. The molecule has 0 unspecified atom stereocenters. The van der Waals surface area contributed by atoms with Gasteiger partial charge in [-0.25, -0.2) is 4.39 Å². The lowest BCUT2D eigenvalue weighted by molar-refractivity contribution is -0.143. The molecule has 1 aliphatic rings. The summed E-state index contributed by atoms with van der Waals surface area (Å²) in [5, 5.41) is 3.18. The summed E-state index contributed by atoms with van der Waals surface area (Å²) in [5.74, 6) is -1.87. The van der Waals surface area contributed by atoms with Crippen molar-refractivity contribution in [3.63, 3.8) is 0 Å². The summed E-state index contributed by atoms with van der Waals surface area (Å²) in [6.07, 6.45) is -7.88. The first-order valence-electron chi connectivity index (χ1n) is 13.6. The van der Waals surface area contributed by atoms with Crippen LogP contribution in [0.15, 0.2) is 48.7 Å². The lowest BCUT2D eigenvalue weighted by Gasteiger charge is -2.32. The van der Waals surface area contributed by atoms with Gasteiger partial charge in [0.15, 0.2) is 0 Å². The Labute approximate surface area is 273 Å². The molecule has 1 fully saturated rings. The third kappa shape index (κ3) is 7.58. The molecule has 2 amide bonds. The van der Waals surface area contributed by atoms with Gasteiger partial charge in [-0.05, 0) is 93.6 Å². The molecule has 3 aromatic rings. The summed E-state index contributed by atoms with van der Waals surface area (Å²) in [5.41, 5.74) is 1.25. The average molecular weight is 698 g/mol. The SMILES string of the molecule is Cc1cc(F)ccc1-c1cc([C@H]2CC[C@](C)(C(N)=O)N2)ncc1N(C)C(=O)C(C)(C)c1cc(C(F)(F)F)cc(C(F)(F)F)c1.Cl.Cl. The number of primary amides is 1. The van der Waals surface area contributed by atoms with E-state index in [1.807, 2.05) is 0 Å². The Hall–Kier alpha value is -3.42. The Morgan fingerprint density at radius 2 is 1.48 bits per heavy atom. The standard InChI is InChI=1S/C31H31F7N4O2.2ClH/c1-16-10-20(32)6-7-21(16)22-14-24(23-8-9-29(4,41-23)26(39)43)40-15-25(22)42(5)27(44)28(2,3)17-11-18(30(33,34)35)13-19(12-17)31(36,37)38;;/h6-7,10-15,23,41H,8-9H2,1-5H3,(H2,39,43);2*1H/t23-,29-;;/m1../s1. The second kappa shape index (κ2) is 13.4. The number of alkyl halides is 6. The Morgan fingerprint density at radius 1 is 0.935 bits per heavy atom. The first kappa shape index (κ1) is 38.8. The molecular formula is C31H33Cl2F7N4O2. The number of aromatic nitrogens is 1. The number of hydrogen-bond donors (Lipinski definition) is 2. The molecule has 252 valence electrons. The number of pyridine rings is 1. The molecule has 15 heteroatoms. The first-order chi connectivity index (χ1) is 20.1. The summed E-state index contributed by atoms with van der Waals surface area (Å²) < 4.78 is 95.5. The first-order valence-corrected chi connectivity index (χ1v) is 13.6. The predicted octanol–water partition coefficient (Wildman–Crippen LogP) is 7.69. The number of nitrogens with one attached hydrogen (secondary N) is 1. The highest BCUT2D eigenvalue weighted by Gasteiger charge is 2.42. The molecule has 0 aliphatic carbocycles. The van der Waals surface area contributed by atoms with Crippen molar-refractivity contribution in [2.24, 2.45) is 5.73 Å². The molecule has 0 bridgehead atoms. The van der Waals surface area contributed by atoms with Crippen LogP contribution in [-0.4, -0.2) is 29.4 Å². The summed E-state index contributed by atoms with van der Waals surface area (Å²) >= 11 is 0. The zero-order valence-electron chi connectivity index (χ0n) is 25.4. The van der Waals surface area contributed by atoms with E-state index in [1.54, 1.807) is 19.9 Å². The van der Waals surface area contributed by atoms with Gasteiger partial charge in [-0.3, -0.25) is 19.9 Å². The smallest absolute Gasteiger partial charge is 0.368 e. The third-order valence-electron chi connectivity index (χ3n) is 8.22. The molecule has 4 rings (SSSR count). The van der Waals surface area contributed by atoms with Gasteiger partial charge in [0.2, 0.25) is 11.8 Å². The monoisotopic (exact) mass is 696 g/mol. The average Bonchev–Trinajstić information content (AvgIpc) is 3.34. The lowest BCUT2D eigenvalue weighted by atomic mass is 9.81. The van der Waals surface area contributed by atoms with Crippen molar-refractivity contribution in [3.8, 4) is 11.1 Å². The van der Waals surface area contributed by atoms with Crippen LogP contribution in [0.5, 0.6) is 0 Å². The molecule has 3 N–H and O–H groups in total. The van der Waals surface area contributed by atoms with Gasteiger partial charge in [0.25, 0.3) is 0 Å². The van der Waals surface area contributed by atoms with Crippen LogP contribution in [0, 0.1) is 12.7 Å². The highest BCUT2D eigenvalue weighted by atomic mass is 35.5. The number of nitrogens with two attached hydrogens (primary N) is 1. The Kier molecular flexibility index (Phi) is 11.3. The molecule has 2 atom stereocenters. The predicted molar refractivity (Wildman–Crippen MR) is 164 cm³/mol. The number of hydrogen-bond acceptors (Lipinski definition) is 4. The van der Waals surface area contributed by atoms with Crippen molar-refractivity contribution in [2.45, 2.75) is 69.9 Å². The van der Waals surface area contributed by atoms with Crippen molar-refractivity contribution >= 4 is 42.3 Å². The summed E-state index contributed by atoms with van der Waals surface area (Å²) in [4.78, 5) is 31.5. The van der Waals surface area contributed by atoms with Crippen molar-refractivity contribution in [2.75, 3.05) is 11.9 Å². The number of carbonyl (C=O) groups excluding carboxylic acids is 2. The van der Waals surface area contributed by atoms with Crippen LogP contribution >= 0.6 is 24.8 Å². The zero-order chi connectivity index (χ0) is 33.0. The second-order valence-electron chi connectivity index (χ2n) is 11.8. The molecule has 6 nitrogen and oxygen atoms in total. The quantitative estimate of drug-likeness (QED) is 0.259. The summed E-state index contributed by atoms with van der Waals surface area (Å²) in [6, 6.07) is 6.33. The maximum absolute atomic E-state index is 14.0. The van der Waals surface area contributed by atoms with Crippen molar-refractivity contribution in [1.29, 1.82) is 0 Å². The molecule has 1 aliphatic heterocycles. The van der Waals surface area contributed by atoms with Crippen molar-refractivity contribution < 1.29 is 40.3 Å². The van der Waals surface area contributed by atoms with E-state index in [2.05, 4.69) is 10.3 Å². The van der Waals surface area contributed by atoms with E-state index < -0.39 is 63.7 Å². The number of amides is 2. The summed E-state index contributed by atoms with van der Waals surface area (Å²) in [7, 11) is 1.33. The van der Waals surface area contributed by atoms with Crippen LogP contribution in [0.25, 0.3) is 11.1 Å². The third-order valence-corrected chi connectivity index (χ3v) is 8.22. The fraction of sp³-hybridized carbons (Fsp3) is 0.387. The van der Waals surface area contributed by atoms with Gasteiger partial charge in [-0.2, -0.15) is 26.3 Å².